The molecule has 1 atom stereocenters. The molecule has 0 heterocycles. The zero-order chi connectivity index (χ0) is 14.1. The molecule has 6 heteroatoms. The van der Waals surface area contributed by atoms with Gasteiger partial charge in [-0.05, 0) is 6.07 Å². The van der Waals surface area contributed by atoms with E-state index in [0.29, 0.717) is 11.4 Å². The van der Waals surface area contributed by atoms with Crippen LogP contribution in [0, 0.1) is 0 Å². The van der Waals surface area contributed by atoms with Crippen molar-refractivity contribution in [3.63, 3.8) is 0 Å². The van der Waals surface area contributed by atoms with Crippen LogP contribution in [-0.4, -0.2) is 34.4 Å². The van der Waals surface area contributed by atoms with Crippen molar-refractivity contribution < 1.29 is 13.2 Å². The number of halogens is 3. The predicted octanol–water partition coefficient (Wildman–Crippen LogP) is 2.38. The SMILES string of the molecule is CN(C)c1cccc([C@@H](N)C(F)(F)F)c1N(C)C. The fraction of sp³-hybridized carbons (Fsp3) is 0.500. The summed E-state index contributed by atoms with van der Waals surface area (Å²) in [6.07, 6.45) is -4.45. The van der Waals surface area contributed by atoms with Crippen molar-refractivity contribution in [2.45, 2.75) is 12.2 Å². The first-order chi connectivity index (χ1) is 8.16. The predicted molar refractivity (Wildman–Crippen MR) is 68.1 cm³/mol. The average molecular weight is 261 g/mol. The lowest BCUT2D eigenvalue weighted by Gasteiger charge is -2.28. The summed E-state index contributed by atoms with van der Waals surface area (Å²) in [6.45, 7) is 0. The van der Waals surface area contributed by atoms with Gasteiger partial charge in [0.2, 0.25) is 0 Å². The molecule has 0 aromatic heterocycles. The number of benzene rings is 1. The second kappa shape index (κ2) is 5.06. The minimum absolute atomic E-state index is 0.0821. The first-order valence-corrected chi connectivity index (χ1v) is 5.46. The van der Waals surface area contributed by atoms with Crippen molar-refractivity contribution in [1.29, 1.82) is 0 Å². The Hall–Kier alpha value is -1.43. The minimum Gasteiger partial charge on any atom is -0.376 e. The van der Waals surface area contributed by atoms with Gasteiger partial charge >= 0.3 is 6.18 Å². The summed E-state index contributed by atoms with van der Waals surface area (Å²) in [6, 6.07) is 2.79. The Kier molecular flexibility index (Phi) is 4.11. The molecule has 18 heavy (non-hydrogen) atoms. The third-order valence-corrected chi connectivity index (χ3v) is 2.66. The van der Waals surface area contributed by atoms with Crippen LogP contribution in [0.25, 0.3) is 0 Å². The van der Waals surface area contributed by atoms with E-state index in [1.54, 1.807) is 50.1 Å². The summed E-state index contributed by atoms with van der Waals surface area (Å²) in [5.41, 5.74) is 6.59. The summed E-state index contributed by atoms with van der Waals surface area (Å²) >= 11 is 0. The standard InChI is InChI=1S/C12H18F3N3/c1-17(2)9-7-5-6-8(10(9)18(3)4)11(16)12(13,14)15/h5-7,11H,16H2,1-4H3/t11-/m1/s1. The Morgan fingerprint density at radius 1 is 1.06 bits per heavy atom. The van der Waals surface area contributed by atoms with Crippen molar-refractivity contribution in [1.82, 2.24) is 0 Å². The van der Waals surface area contributed by atoms with E-state index in [9.17, 15) is 13.2 Å². The topological polar surface area (TPSA) is 32.5 Å². The fourth-order valence-electron chi connectivity index (χ4n) is 1.82. The van der Waals surface area contributed by atoms with Crippen LogP contribution in [0.1, 0.15) is 11.6 Å². The van der Waals surface area contributed by atoms with E-state index in [4.69, 9.17) is 5.73 Å². The molecule has 3 nitrogen and oxygen atoms in total. The molecule has 0 saturated heterocycles. The highest BCUT2D eigenvalue weighted by Crippen LogP contribution is 2.39. The van der Waals surface area contributed by atoms with Crippen LogP contribution < -0.4 is 15.5 Å². The summed E-state index contributed by atoms with van der Waals surface area (Å²) < 4.78 is 38.3. The van der Waals surface area contributed by atoms with Crippen molar-refractivity contribution in [3.8, 4) is 0 Å². The van der Waals surface area contributed by atoms with Gasteiger partial charge in [0, 0.05) is 33.8 Å². The van der Waals surface area contributed by atoms with E-state index in [0.717, 1.165) is 0 Å². The molecule has 2 N–H and O–H groups in total. The highest BCUT2D eigenvalue weighted by Gasteiger charge is 2.39. The number of anilines is 2. The number of hydrogen-bond donors (Lipinski definition) is 1. The Morgan fingerprint density at radius 2 is 1.61 bits per heavy atom. The second-order valence-corrected chi connectivity index (χ2v) is 4.52. The zero-order valence-electron chi connectivity index (χ0n) is 10.9. The highest BCUT2D eigenvalue weighted by molar-refractivity contribution is 5.74. The molecule has 102 valence electrons. The van der Waals surface area contributed by atoms with Gasteiger partial charge in [-0.25, -0.2) is 0 Å². The van der Waals surface area contributed by atoms with Crippen molar-refractivity contribution >= 4 is 11.4 Å². The summed E-state index contributed by atoms with van der Waals surface area (Å²) in [5, 5.41) is 0. The fourth-order valence-corrected chi connectivity index (χ4v) is 1.82. The lowest BCUT2D eigenvalue weighted by atomic mass is 10.0. The number of hydrogen-bond acceptors (Lipinski definition) is 3. The zero-order valence-corrected chi connectivity index (χ0v) is 10.9. The third kappa shape index (κ3) is 2.87. The van der Waals surface area contributed by atoms with Crippen LogP contribution >= 0.6 is 0 Å². The molecule has 0 fully saturated rings. The van der Waals surface area contributed by atoms with Crippen LogP contribution in [0.15, 0.2) is 18.2 Å². The van der Waals surface area contributed by atoms with E-state index >= 15 is 0 Å². The number of rotatable bonds is 3. The van der Waals surface area contributed by atoms with Crippen molar-refractivity contribution in [3.05, 3.63) is 23.8 Å². The number of nitrogens with two attached hydrogens (primary N) is 1. The summed E-state index contributed by atoms with van der Waals surface area (Å²) in [4.78, 5) is 3.41. The molecule has 0 radical (unpaired) electrons. The van der Waals surface area contributed by atoms with Crippen LogP contribution in [0.5, 0.6) is 0 Å². The van der Waals surface area contributed by atoms with Crippen molar-refractivity contribution in [2.75, 3.05) is 38.0 Å². The highest BCUT2D eigenvalue weighted by atomic mass is 19.4. The normalized spacial score (nSPS) is 13.3. The van der Waals surface area contributed by atoms with E-state index in [1.165, 1.54) is 6.07 Å². The van der Waals surface area contributed by atoms with Gasteiger partial charge in [-0.3, -0.25) is 0 Å². The number of alkyl halides is 3. The minimum atomic E-state index is -4.45. The smallest absolute Gasteiger partial charge is 0.376 e. The van der Waals surface area contributed by atoms with E-state index in [2.05, 4.69) is 0 Å². The maximum absolute atomic E-state index is 12.8. The van der Waals surface area contributed by atoms with Gasteiger partial charge in [-0.1, -0.05) is 12.1 Å². The van der Waals surface area contributed by atoms with Gasteiger partial charge in [-0.2, -0.15) is 13.2 Å². The van der Waals surface area contributed by atoms with Crippen LogP contribution in [0.2, 0.25) is 0 Å². The van der Waals surface area contributed by atoms with E-state index < -0.39 is 12.2 Å². The lowest BCUT2D eigenvalue weighted by molar-refractivity contribution is -0.149. The Labute approximate surface area is 105 Å². The molecule has 0 aliphatic carbocycles. The molecular formula is C12H18F3N3. The first-order valence-electron chi connectivity index (χ1n) is 5.46. The average Bonchev–Trinajstić information content (AvgIpc) is 2.25. The second-order valence-electron chi connectivity index (χ2n) is 4.52. The van der Waals surface area contributed by atoms with E-state index in [1.807, 2.05) is 0 Å². The van der Waals surface area contributed by atoms with Gasteiger partial charge in [0.25, 0.3) is 0 Å². The molecule has 0 aliphatic heterocycles. The molecular weight excluding hydrogens is 243 g/mol. The maximum atomic E-state index is 12.8. The van der Waals surface area contributed by atoms with Crippen LogP contribution in [0.3, 0.4) is 0 Å². The molecule has 1 rings (SSSR count). The Balaban J connectivity index is 3.40. The molecule has 0 aliphatic rings. The summed E-state index contributed by atoms with van der Waals surface area (Å²) in [7, 11) is 6.97. The van der Waals surface area contributed by atoms with Gasteiger partial charge < -0.3 is 15.5 Å². The van der Waals surface area contributed by atoms with Gasteiger partial charge in [0.15, 0.2) is 0 Å². The van der Waals surface area contributed by atoms with E-state index in [-0.39, 0.29) is 5.56 Å². The molecule has 1 aromatic rings. The maximum Gasteiger partial charge on any atom is 0.407 e. The third-order valence-electron chi connectivity index (χ3n) is 2.66. The van der Waals surface area contributed by atoms with Crippen LogP contribution in [0.4, 0.5) is 24.5 Å². The molecule has 0 amide bonds. The molecule has 0 unspecified atom stereocenters. The number of nitrogens with zero attached hydrogens (tertiary/aromatic N) is 2. The van der Waals surface area contributed by atoms with Crippen molar-refractivity contribution in [2.24, 2.45) is 5.73 Å². The summed E-state index contributed by atoms with van der Waals surface area (Å²) in [5.74, 6) is 0. The molecule has 1 aromatic carbocycles. The van der Waals surface area contributed by atoms with Gasteiger partial charge in [0.05, 0.1) is 11.4 Å². The molecule has 0 bridgehead atoms. The molecule has 0 saturated carbocycles. The number of para-hydroxylation sites is 1. The molecule has 0 spiro atoms. The quantitative estimate of drug-likeness (QED) is 0.906. The van der Waals surface area contributed by atoms with Gasteiger partial charge in [0.1, 0.15) is 6.04 Å². The Bertz CT molecular complexity index is 414. The monoisotopic (exact) mass is 261 g/mol. The van der Waals surface area contributed by atoms with Gasteiger partial charge in [-0.15, -0.1) is 0 Å². The largest absolute Gasteiger partial charge is 0.407 e. The van der Waals surface area contributed by atoms with Crippen LogP contribution in [-0.2, 0) is 0 Å². The lowest BCUT2D eigenvalue weighted by Crippen LogP contribution is -2.31. The first kappa shape index (κ1) is 14.6. The Morgan fingerprint density at radius 3 is 2.00 bits per heavy atom.